The fourth-order valence-electron chi connectivity index (χ4n) is 1.77. The number of aliphatic carboxylic acids is 1. The van der Waals surface area contributed by atoms with E-state index in [-0.39, 0.29) is 13.0 Å². The van der Waals surface area contributed by atoms with Gasteiger partial charge in [0.15, 0.2) is 0 Å². The Bertz CT molecular complexity index is 360. The maximum Gasteiger partial charge on any atom is 0.305 e. The van der Waals surface area contributed by atoms with Crippen molar-refractivity contribution in [1.82, 2.24) is 0 Å². The van der Waals surface area contributed by atoms with Gasteiger partial charge in [-0.3, -0.25) is 4.79 Å². The van der Waals surface area contributed by atoms with Crippen LogP contribution in [0.25, 0.3) is 0 Å². The molecule has 1 aromatic rings. The van der Waals surface area contributed by atoms with Crippen molar-refractivity contribution in [1.29, 1.82) is 0 Å². The number of rotatable bonds is 5. The van der Waals surface area contributed by atoms with Gasteiger partial charge in [0.25, 0.3) is 0 Å². The Morgan fingerprint density at radius 2 is 1.81 bits per heavy atom. The third-order valence-electron chi connectivity index (χ3n) is 2.55. The van der Waals surface area contributed by atoms with Gasteiger partial charge in [-0.05, 0) is 37.5 Å². The van der Waals surface area contributed by atoms with Gasteiger partial charge in [0.05, 0.1) is 19.6 Å². The molecular formula is C13H18O3. The second kappa shape index (κ2) is 5.66. The molecule has 16 heavy (non-hydrogen) atoms. The third-order valence-corrected chi connectivity index (χ3v) is 2.55. The van der Waals surface area contributed by atoms with E-state index in [1.807, 2.05) is 0 Å². The van der Waals surface area contributed by atoms with Crippen LogP contribution in [-0.2, 0) is 16.1 Å². The summed E-state index contributed by atoms with van der Waals surface area (Å²) in [4.78, 5) is 10.3. The predicted molar refractivity (Wildman–Crippen MR) is 62.6 cm³/mol. The molecule has 1 rings (SSSR count). The van der Waals surface area contributed by atoms with Crippen molar-refractivity contribution in [3.8, 4) is 0 Å². The van der Waals surface area contributed by atoms with Gasteiger partial charge in [0.2, 0.25) is 0 Å². The lowest BCUT2D eigenvalue weighted by Gasteiger charge is -2.11. The maximum absolute atomic E-state index is 10.3. The van der Waals surface area contributed by atoms with E-state index in [4.69, 9.17) is 9.84 Å². The normalized spacial score (nSPS) is 10.4. The van der Waals surface area contributed by atoms with Gasteiger partial charge in [-0.25, -0.2) is 0 Å². The molecule has 0 heterocycles. The number of hydrogen-bond donors (Lipinski definition) is 1. The van der Waals surface area contributed by atoms with E-state index in [0.29, 0.717) is 6.61 Å². The molecule has 0 unspecified atom stereocenters. The number of carboxylic acids is 1. The van der Waals surface area contributed by atoms with E-state index in [1.165, 1.54) is 16.7 Å². The SMILES string of the molecule is Cc1cc(C)c(COCCC(=O)O)c(C)c1. The summed E-state index contributed by atoms with van der Waals surface area (Å²) in [5.41, 5.74) is 4.81. The number of carboxylic acid groups (broad SMARTS) is 1. The standard InChI is InChI=1S/C13H18O3/c1-9-6-10(2)12(11(3)7-9)8-16-5-4-13(14)15/h6-7H,4-5,8H2,1-3H3,(H,14,15). The predicted octanol–water partition coefficient (Wildman–Crippen LogP) is 2.60. The zero-order valence-electron chi connectivity index (χ0n) is 10.0. The maximum atomic E-state index is 10.3. The molecule has 0 atom stereocenters. The Labute approximate surface area is 96.1 Å². The summed E-state index contributed by atoms with van der Waals surface area (Å²) in [6, 6.07) is 4.23. The summed E-state index contributed by atoms with van der Waals surface area (Å²) in [7, 11) is 0. The average molecular weight is 222 g/mol. The number of aryl methyl sites for hydroxylation is 3. The van der Waals surface area contributed by atoms with E-state index in [2.05, 4.69) is 32.9 Å². The number of hydrogen-bond acceptors (Lipinski definition) is 2. The van der Waals surface area contributed by atoms with E-state index in [1.54, 1.807) is 0 Å². The van der Waals surface area contributed by atoms with Gasteiger partial charge in [0, 0.05) is 0 Å². The summed E-state index contributed by atoms with van der Waals surface area (Å²) in [5, 5.41) is 8.48. The van der Waals surface area contributed by atoms with Crippen molar-refractivity contribution in [2.45, 2.75) is 33.8 Å². The minimum Gasteiger partial charge on any atom is -0.481 e. The van der Waals surface area contributed by atoms with E-state index in [9.17, 15) is 4.79 Å². The van der Waals surface area contributed by atoms with Crippen LogP contribution in [0.4, 0.5) is 0 Å². The number of benzene rings is 1. The van der Waals surface area contributed by atoms with E-state index in [0.717, 1.165) is 5.56 Å². The minimum absolute atomic E-state index is 0.0595. The first-order valence-corrected chi connectivity index (χ1v) is 5.37. The third kappa shape index (κ3) is 3.66. The molecule has 0 spiro atoms. The summed E-state index contributed by atoms with van der Waals surface area (Å²) in [5.74, 6) is -0.822. The van der Waals surface area contributed by atoms with Gasteiger partial charge in [0.1, 0.15) is 0 Å². The first kappa shape index (κ1) is 12.7. The molecule has 0 saturated carbocycles. The molecule has 0 aromatic heterocycles. The first-order valence-electron chi connectivity index (χ1n) is 5.37. The smallest absolute Gasteiger partial charge is 0.305 e. The van der Waals surface area contributed by atoms with E-state index < -0.39 is 5.97 Å². The fraction of sp³-hybridized carbons (Fsp3) is 0.462. The van der Waals surface area contributed by atoms with Crippen LogP contribution in [0.1, 0.15) is 28.7 Å². The van der Waals surface area contributed by atoms with Crippen LogP contribution in [0.5, 0.6) is 0 Å². The number of ether oxygens (including phenoxy) is 1. The minimum atomic E-state index is -0.822. The van der Waals surface area contributed by atoms with Gasteiger partial charge in [-0.2, -0.15) is 0 Å². The molecule has 0 aliphatic carbocycles. The van der Waals surface area contributed by atoms with Crippen LogP contribution in [0.3, 0.4) is 0 Å². The highest BCUT2D eigenvalue weighted by molar-refractivity contribution is 5.66. The van der Waals surface area contributed by atoms with Crippen LogP contribution in [0, 0.1) is 20.8 Å². The molecule has 0 saturated heterocycles. The lowest BCUT2D eigenvalue weighted by molar-refractivity contribution is -0.138. The van der Waals surface area contributed by atoms with Crippen LogP contribution in [0.15, 0.2) is 12.1 Å². The summed E-state index contributed by atoms with van der Waals surface area (Å²) in [6.07, 6.45) is 0.0595. The van der Waals surface area contributed by atoms with Crippen molar-refractivity contribution in [3.05, 3.63) is 34.4 Å². The molecule has 3 nitrogen and oxygen atoms in total. The average Bonchev–Trinajstić information content (AvgIpc) is 2.14. The van der Waals surface area contributed by atoms with Crippen molar-refractivity contribution >= 4 is 5.97 Å². The highest BCUT2D eigenvalue weighted by Crippen LogP contribution is 2.17. The van der Waals surface area contributed by atoms with Crippen molar-refractivity contribution in [2.75, 3.05) is 6.61 Å². The zero-order chi connectivity index (χ0) is 12.1. The van der Waals surface area contributed by atoms with Gasteiger partial charge in [-0.15, -0.1) is 0 Å². The Morgan fingerprint density at radius 1 is 1.25 bits per heavy atom. The molecular weight excluding hydrogens is 204 g/mol. The van der Waals surface area contributed by atoms with Crippen LogP contribution in [-0.4, -0.2) is 17.7 Å². The number of carbonyl (C=O) groups is 1. The Balaban J connectivity index is 2.57. The molecule has 0 fully saturated rings. The molecule has 0 aliphatic rings. The summed E-state index contributed by atoms with van der Waals surface area (Å²) >= 11 is 0. The Hall–Kier alpha value is -1.35. The molecule has 1 aromatic carbocycles. The molecule has 1 N–H and O–H groups in total. The molecule has 0 radical (unpaired) electrons. The van der Waals surface area contributed by atoms with Crippen LogP contribution >= 0.6 is 0 Å². The largest absolute Gasteiger partial charge is 0.481 e. The fourth-order valence-corrected chi connectivity index (χ4v) is 1.77. The zero-order valence-corrected chi connectivity index (χ0v) is 10.0. The molecule has 88 valence electrons. The molecule has 0 amide bonds. The van der Waals surface area contributed by atoms with Crippen molar-refractivity contribution in [2.24, 2.45) is 0 Å². The Kier molecular flexibility index (Phi) is 4.50. The summed E-state index contributed by atoms with van der Waals surface area (Å²) < 4.78 is 5.35. The topological polar surface area (TPSA) is 46.5 Å². The monoisotopic (exact) mass is 222 g/mol. The molecule has 0 aliphatic heterocycles. The molecule has 0 bridgehead atoms. The lowest BCUT2D eigenvalue weighted by atomic mass is 10.0. The first-order chi connectivity index (χ1) is 7.50. The van der Waals surface area contributed by atoms with Crippen molar-refractivity contribution < 1.29 is 14.6 Å². The van der Waals surface area contributed by atoms with Gasteiger partial charge >= 0.3 is 5.97 Å². The molecule has 3 heteroatoms. The van der Waals surface area contributed by atoms with Gasteiger partial charge in [-0.1, -0.05) is 17.7 Å². The highest BCUT2D eigenvalue weighted by atomic mass is 16.5. The second-order valence-electron chi connectivity index (χ2n) is 4.07. The Morgan fingerprint density at radius 3 is 2.31 bits per heavy atom. The highest BCUT2D eigenvalue weighted by Gasteiger charge is 2.04. The van der Waals surface area contributed by atoms with Crippen LogP contribution < -0.4 is 0 Å². The van der Waals surface area contributed by atoms with E-state index >= 15 is 0 Å². The lowest BCUT2D eigenvalue weighted by Crippen LogP contribution is -2.04. The van der Waals surface area contributed by atoms with Crippen LogP contribution in [0.2, 0.25) is 0 Å². The van der Waals surface area contributed by atoms with Gasteiger partial charge < -0.3 is 9.84 Å². The summed E-state index contributed by atoms with van der Waals surface area (Å²) in [6.45, 7) is 6.92. The quantitative estimate of drug-likeness (QED) is 0.779. The van der Waals surface area contributed by atoms with Crippen molar-refractivity contribution in [3.63, 3.8) is 0 Å². The second-order valence-corrected chi connectivity index (χ2v) is 4.07.